The highest BCUT2D eigenvalue weighted by Gasteiger charge is 2.14. The summed E-state index contributed by atoms with van der Waals surface area (Å²) in [6.45, 7) is 4.81. The molecule has 0 fully saturated rings. The van der Waals surface area contributed by atoms with Crippen LogP contribution in [0.3, 0.4) is 0 Å². The number of benzene rings is 2. The van der Waals surface area contributed by atoms with Gasteiger partial charge in [0.15, 0.2) is 0 Å². The molecular weight excluding hydrogens is 518 g/mol. The summed E-state index contributed by atoms with van der Waals surface area (Å²) < 4.78 is 37.8. The van der Waals surface area contributed by atoms with Crippen LogP contribution < -0.4 is 24.8 Å². The minimum atomic E-state index is -3.47. The molecule has 2 aromatic heterocycles. The minimum absolute atomic E-state index is 0.317. The second-order valence-electron chi connectivity index (χ2n) is 9.17. The normalized spacial score (nSPS) is 11.5. The van der Waals surface area contributed by atoms with Crippen LogP contribution in [0.1, 0.15) is 19.8 Å². The number of H-pyrrole nitrogens is 1. The van der Waals surface area contributed by atoms with Crippen LogP contribution in [0.4, 0.5) is 28.8 Å². The Balaban J connectivity index is 1.56. The monoisotopic (exact) mass is 553 g/mol. The quantitative estimate of drug-likeness (QED) is 0.160. The zero-order chi connectivity index (χ0) is 27.8. The fourth-order valence-electron chi connectivity index (χ4n) is 4.11. The van der Waals surface area contributed by atoms with Crippen molar-refractivity contribution >= 4 is 49.9 Å². The maximum Gasteiger partial charge on any atom is 0.231 e. The molecule has 0 unspecified atom stereocenters. The summed E-state index contributed by atoms with van der Waals surface area (Å²) in [5.74, 6) is 2.13. The first-order valence-electron chi connectivity index (χ1n) is 12.7. The second kappa shape index (κ2) is 12.7. The van der Waals surface area contributed by atoms with Crippen molar-refractivity contribution in [3.63, 3.8) is 0 Å². The summed E-state index contributed by atoms with van der Waals surface area (Å²) in [5, 5.41) is 7.23. The van der Waals surface area contributed by atoms with Crippen molar-refractivity contribution in [3.8, 4) is 11.5 Å². The first-order valence-corrected chi connectivity index (χ1v) is 14.6. The Kier molecular flexibility index (Phi) is 9.10. The number of hydrogen-bond donors (Lipinski definition) is 4. The third-order valence-corrected chi connectivity index (χ3v) is 6.46. The molecule has 0 aliphatic heterocycles. The first kappa shape index (κ1) is 28.0. The smallest absolute Gasteiger partial charge is 0.231 e. The molecule has 0 spiro atoms. The zero-order valence-electron chi connectivity index (χ0n) is 22.6. The summed E-state index contributed by atoms with van der Waals surface area (Å²) in [5.41, 5.74) is 2.21. The molecule has 4 N–H and O–H groups in total. The van der Waals surface area contributed by atoms with E-state index in [1.54, 1.807) is 31.5 Å². The Morgan fingerprint density at radius 3 is 2.54 bits per heavy atom. The summed E-state index contributed by atoms with van der Waals surface area (Å²) in [6, 6.07) is 14.4. The largest absolute Gasteiger partial charge is 0.495 e. The van der Waals surface area contributed by atoms with Crippen LogP contribution >= 0.6 is 0 Å². The summed E-state index contributed by atoms with van der Waals surface area (Å²) in [6.07, 6.45) is 4.92. The predicted octanol–water partition coefficient (Wildman–Crippen LogP) is 4.94. The van der Waals surface area contributed by atoms with E-state index in [0.29, 0.717) is 52.6 Å². The van der Waals surface area contributed by atoms with Crippen molar-refractivity contribution in [1.29, 1.82) is 0 Å². The van der Waals surface area contributed by atoms with E-state index in [-0.39, 0.29) is 0 Å². The third kappa shape index (κ3) is 7.74. The Bertz CT molecular complexity index is 1510. The molecule has 12 heteroatoms. The lowest BCUT2D eigenvalue weighted by molar-refractivity contribution is 0.263. The van der Waals surface area contributed by atoms with E-state index in [1.165, 1.54) is 0 Å². The lowest BCUT2D eigenvalue weighted by Gasteiger charge is -2.16. The molecule has 0 saturated heterocycles. The zero-order valence-corrected chi connectivity index (χ0v) is 23.4. The molecule has 2 heterocycles. The summed E-state index contributed by atoms with van der Waals surface area (Å²) in [4.78, 5) is 14.7. The van der Waals surface area contributed by atoms with Crippen molar-refractivity contribution in [3.05, 3.63) is 54.7 Å². The van der Waals surface area contributed by atoms with Gasteiger partial charge in [0.2, 0.25) is 16.0 Å². The van der Waals surface area contributed by atoms with Crippen molar-refractivity contribution < 1.29 is 17.9 Å². The Morgan fingerprint density at radius 1 is 1.00 bits per heavy atom. The highest BCUT2D eigenvalue weighted by molar-refractivity contribution is 7.92. The number of aromatic nitrogens is 3. The molecule has 4 rings (SSSR count). The van der Waals surface area contributed by atoms with Crippen LogP contribution in [0.5, 0.6) is 11.5 Å². The lowest BCUT2D eigenvalue weighted by Crippen LogP contribution is -2.21. The number of nitrogens with zero attached hydrogens (tertiary/aromatic N) is 3. The Morgan fingerprint density at radius 2 is 1.79 bits per heavy atom. The Labute approximate surface area is 229 Å². The molecule has 0 aliphatic carbocycles. The van der Waals surface area contributed by atoms with Gasteiger partial charge in [-0.3, -0.25) is 4.72 Å². The molecule has 0 atom stereocenters. The average Bonchev–Trinajstić information content (AvgIpc) is 3.36. The molecule has 2 aromatic carbocycles. The van der Waals surface area contributed by atoms with Crippen LogP contribution in [0.2, 0.25) is 0 Å². The lowest BCUT2D eigenvalue weighted by atomic mass is 10.2. The van der Waals surface area contributed by atoms with Crippen molar-refractivity contribution in [2.24, 2.45) is 0 Å². The van der Waals surface area contributed by atoms with Gasteiger partial charge in [0.25, 0.3) is 0 Å². The van der Waals surface area contributed by atoms with E-state index in [4.69, 9.17) is 9.47 Å². The SMILES string of the molecule is CCCN(C)CCCOc1ccc(OC)c(Nc2nc(Nc3ccccc3NS(C)(=O)=O)c3cc[nH]c3n2)c1. The fraction of sp³-hybridized carbons (Fsp3) is 0.333. The number of methoxy groups -OCH3 is 1. The van der Waals surface area contributed by atoms with Crippen LogP contribution in [0.25, 0.3) is 11.0 Å². The number of ether oxygens (including phenoxy) is 2. The molecular formula is C27H35N7O4S. The van der Waals surface area contributed by atoms with Gasteiger partial charge in [-0.25, -0.2) is 8.42 Å². The molecule has 208 valence electrons. The number of hydrogen-bond acceptors (Lipinski definition) is 9. The van der Waals surface area contributed by atoms with Crippen molar-refractivity contribution in [2.75, 3.05) is 55.5 Å². The number of para-hydroxylation sites is 2. The highest BCUT2D eigenvalue weighted by Crippen LogP contribution is 2.33. The molecule has 0 radical (unpaired) electrons. The minimum Gasteiger partial charge on any atom is -0.495 e. The van der Waals surface area contributed by atoms with Gasteiger partial charge >= 0.3 is 0 Å². The van der Waals surface area contributed by atoms with Gasteiger partial charge in [-0.15, -0.1) is 0 Å². The van der Waals surface area contributed by atoms with E-state index in [9.17, 15) is 8.42 Å². The summed E-state index contributed by atoms with van der Waals surface area (Å²) >= 11 is 0. The van der Waals surface area contributed by atoms with Gasteiger partial charge in [0.1, 0.15) is 23.0 Å². The highest BCUT2D eigenvalue weighted by atomic mass is 32.2. The molecule has 4 aromatic rings. The molecule has 11 nitrogen and oxygen atoms in total. The number of sulfonamides is 1. The number of nitrogens with one attached hydrogen (secondary N) is 4. The second-order valence-corrected chi connectivity index (χ2v) is 10.9. The topological polar surface area (TPSA) is 134 Å². The molecule has 39 heavy (non-hydrogen) atoms. The van der Waals surface area contributed by atoms with E-state index >= 15 is 0 Å². The van der Waals surface area contributed by atoms with Crippen LogP contribution in [0, 0.1) is 0 Å². The van der Waals surface area contributed by atoms with Crippen molar-refractivity contribution in [2.45, 2.75) is 19.8 Å². The standard InChI is InChI=1S/C27H35N7O4S/c1-5-15-34(2)16-8-17-38-19-11-12-24(37-3)23(18-19)30-27-31-25-20(13-14-28-25)26(32-27)29-21-9-6-7-10-22(21)33-39(4,35)36/h6-7,9-14,18,33H,5,8,15-17H2,1-4H3,(H3,28,29,30,31,32). The number of fused-ring (bicyclic) bond motifs is 1. The van der Waals surface area contributed by atoms with Crippen LogP contribution in [0.15, 0.2) is 54.7 Å². The van der Waals surface area contributed by atoms with Gasteiger partial charge in [0, 0.05) is 18.8 Å². The average molecular weight is 554 g/mol. The maximum atomic E-state index is 11.9. The van der Waals surface area contributed by atoms with E-state index in [0.717, 1.165) is 37.6 Å². The molecule has 0 amide bonds. The summed E-state index contributed by atoms with van der Waals surface area (Å²) in [7, 11) is 0.241. The van der Waals surface area contributed by atoms with E-state index in [1.807, 2.05) is 30.3 Å². The van der Waals surface area contributed by atoms with E-state index < -0.39 is 10.0 Å². The predicted molar refractivity (Wildman–Crippen MR) is 156 cm³/mol. The van der Waals surface area contributed by atoms with Crippen LogP contribution in [-0.4, -0.2) is 68.4 Å². The van der Waals surface area contributed by atoms with Gasteiger partial charge in [0.05, 0.1) is 42.4 Å². The third-order valence-electron chi connectivity index (χ3n) is 5.87. The van der Waals surface area contributed by atoms with Gasteiger partial charge in [-0.2, -0.15) is 9.97 Å². The van der Waals surface area contributed by atoms with E-state index in [2.05, 4.69) is 49.2 Å². The van der Waals surface area contributed by atoms with Gasteiger partial charge < -0.3 is 30.0 Å². The maximum absolute atomic E-state index is 11.9. The number of aromatic amines is 1. The number of anilines is 5. The number of rotatable bonds is 14. The van der Waals surface area contributed by atoms with Gasteiger partial charge in [-0.1, -0.05) is 19.1 Å². The molecule has 0 saturated carbocycles. The van der Waals surface area contributed by atoms with Crippen molar-refractivity contribution in [1.82, 2.24) is 19.9 Å². The molecule has 0 bridgehead atoms. The molecule has 0 aliphatic rings. The Hall–Kier alpha value is -4.03. The fourth-order valence-corrected chi connectivity index (χ4v) is 4.69. The first-order chi connectivity index (χ1) is 18.8. The van der Waals surface area contributed by atoms with Gasteiger partial charge in [-0.05, 0) is 56.8 Å². The van der Waals surface area contributed by atoms with Crippen LogP contribution in [-0.2, 0) is 10.0 Å².